The molecule has 0 aliphatic carbocycles. The zero-order chi connectivity index (χ0) is 23.1. The second-order valence-electron chi connectivity index (χ2n) is 7.58. The van der Waals surface area contributed by atoms with Crippen molar-refractivity contribution in [1.29, 1.82) is 0 Å². The summed E-state index contributed by atoms with van der Waals surface area (Å²) >= 11 is 0. The van der Waals surface area contributed by atoms with Crippen LogP contribution in [-0.2, 0) is 26.2 Å². The van der Waals surface area contributed by atoms with Crippen molar-refractivity contribution in [2.45, 2.75) is 24.3 Å². The molecule has 0 saturated carbocycles. The summed E-state index contributed by atoms with van der Waals surface area (Å²) in [7, 11) is -3.63. The van der Waals surface area contributed by atoms with Gasteiger partial charge in [-0.2, -0.15) is 4.31 Å². The van der Waals surface area contributed by atoms with Crippen molar-refractivity contribution in [3.05, 3.63) is 65.7 Å². The molecule has 32 heavy (non-hydrogen) atoms. The van der Waals surface area contributed by atoms with Crippen LogP contribution in [0, 0.1) is 5.92 Å². The van der Waals surface area contributed by atoms with E-state index in [1.54, 1.807) is 54.6 Å². The minimum absolute atomic E-state index is 0.141. The zero-order valence-corrected chi connectivity index (χ0v) is 18.3. The fourth-order valence-electron chi connectivity index (χ4n) is 3.49. The maximum atomic E-state index is 12.8. The molecule has 1 aliphatic heterocycles. The molecule has 0 aromatic heterocycles. The largest absolute Gasteiger partial charge is 0.368 e. The second-order valence-corrected chi connectivity index (χ2v) is 9.52. The molecule has 0 radical (unpaired) electrons. The highest BCUT2D eigenvalue weighted by molar-refractivity contribution is 7.89. The minimum atomic E-state index is -3.63. The number of primary amides is 1. The lowest BCUT2D eigenvalue weighted by Gasteiger charge is -2.31. The van der Waals surface area contributed by atoms with E-state index in [-0.39, 0.29) is 30.4 Å². The molecule has 1 unspecified atom stereocenters. The summed E-state index contributed by atoms with van der Waals surface area (Å²) in [6.45, 7) is 0.543. The summed E-state index contributed by atoms with van der Waals surface area (Å²) in [6, 6.07) is 14.8. The van der Waals surface area contributed by atoms with Crippen molar-refractivity contribution < 1.29 is 22.8 Å². The molecule has 1 saturated heterocycles. The van der Waals surface area contributed by atoms with Gasteiger partial charge in [0.2, 0.25) is 21.8 Å². The van der Waals surface area contributed by atoms with Crippen molar-refractivity contribution in [3.63, 3.8) is 0 Å². The number of carbonyl (C=O) groups excluding carboxylic acids is 3. The Kier molecular flexibility index (Phi) is 7.60. The van der Waals surface area contributed by atoms with E-state index < -0.39 is 27.8 Å². The maximum Gasteiger partial charge on any atom is 0.251 e. The van der Waals surface area contributed by atoms with Crippen LogP contribution in [0.3, 0.4) is 0 Å². The molecule has 170 valence electrons. The molecule has 0 bridgehead atoms. The first kappa shape index (κ1) is 23.4. The van der Waals surface area contributed by atoms with Crippen molar-refractivity contribution in [2.24, 2.45) is 11.7 Å². The number of sulfonamides is 1. The number of hydrogen-bond acceptors (Lipinski definition) is 5. The summed E-state index contributed by atoms with van der Waals surface area (Å²) in [4.78, 5) is 35.5. The Morgan fingerprint density at radius 3 is 2.34 bits per heavy atom. The van der Waals surface area contributed by atoms with Gasteiger partial charge in [-0.25, -0.2) is 8.42 Å². The number of nitrogens with two attached hydrogens (primary N) is 1. The van der Waals surface area contributed by atoms with Crippen LogP contribution in [0.15, 0.2) is 59.5 Å². The first-order valence-corrected chi connectivity index (χ1v) is 11.7. The molecule has 2 aromatic rings. The Balaban J connectivity index is 1.54. The molecule has 0 spiro atoms. The van der Waals surface area contributed by atoms with Crippen molar-refractivity contribution in [3.8, 4) is 0 Å². The summed E-state index contributed by atoms with van der Waals surface area (Å²) in [5, 5.41) is 5.25. The van der Waals surface area contributed by atoms with Gasteiger partial charge < -0.3 is 16.4 Å². The second kappa shape index (κ2) is 10.4. The van der Waals surface area contributed by atoms with Gasteiger partial charge in [0.1, 0.15) is 0 Å². The molecular formula is C22H26N4O5S. The Morgan fingerprint density at radius 1 is 1.00 bits per heavy atom. The number of nitrogens with zero attached hydrogens (tertiary/aromatic N) is 1. The minimum Gasteiger partial charge on any atom is -0.368 e. The first-order chi connectivity index (χ1) is 15.3. The van der Waals surface area contributed by atoms with Gasteiger partial charge in [0.05, 0.1) is 17.4 Å². The third-order valence-electron chi connectivity index (χ3n) is 5.24. The lowest BCUT2D eigenvalue weighted by atomic mass is 9.98. The van der Waals surface area contributed by atoms with Crippen LogP contribution in [0.4, 0.5) is 0 Å². The smallest absolute Gasteiger partial charge is 0.251 e. The van der Waals surface area contributed by atoms with Gasteiger partial charge in [0.15, 0.2) is 0 Å². The van der Waals surface area contributed by atoms with Crippen LogP contribution in [0.25, 0.3) is 0 Å². The van der Waals surface area contributed by atoms with Crippen molar-refractivity contribution in [1.82, 2.24) is 14.9 Å². The van der Waals surface area contributed by atoms with Gasteiger partial charge in [-0.05, 0) is 42.7 Å². The molecule has 3 rings (SSSR count). The standard InChI is InChI=1S/C22H26N4O5S/c23-20(27)14-25-21(28)17-10-8-16(9-11-17)13-24-22(29)18-5-4-12-26(15-18)32(30,31)19-6-2-1-3-7-19/h1-3,6-11,18H,4-5,12-15H2,(H2,23,27)(H,24,29)(H,25,28). The van der Waals surface area contributed by atoms with E-state index in [2.05, 4.69) is 10.6 Å². The highest BCUT2D eigenvalue weighted by Crippen LogP contribution is 2.24. The number of piperidine rings is 1. The molecule has 1 fully saturated rings. The highest BCUT2D eigenvalue weighted by Gasteiger charge is 2.33. The van der Waals surface area contributed by atoms with E-state index >= 15 is 0 Å². The molecular weight excluding hydrogens is 432 g/mol. The SMILES string of the molecule is NC(=O)CNC(=O)c1ccc(CNC(=O)C2CCCN(S(=O)(=O)c3ccccc3)C2)cc1. The van der Waals surface area contributed by atoms with Gasteiger partial charge in [-0.3, -0.25) is 14.4 Å². The number of amides is 3. The predicted octanol–water partition coefficient (Wildman–Crippen LogP) is 0.619. The number of rotatable bonds is 8. The highest BCUT2D eigenvalue weighted by atomic mass is 32.2. The lowest BCUT2D eigenvalue weighted by molar-refractivity contribution is -0.126. The summed E-state index contributed by atoms with van der Waals surface area (Å²) in [5.74, 6) is -1.68. The third-order valence-corrected chi connectivity index (χ3v) is 7.12. The van der Waals surface area contributed by atoms with Crippen LogP contribution in [-0.4, -0.2) is 50.1 Å². The van der Waals surface area contributed by atoms with Crippen LogP contribution in [0.2, 0.25) is 0 Å². The quantitative estimate of drug-likeness (QED) is 0.532. The van der Waals surface area contributed by atoms with Crippen molar-refractivity contribution >= 4 is 27.7 Å². The molecule has 4 N–H and O–H groups in total. The summed E-state index contributed by atoms with van der Waals surface area (Å²) < 4.78 is 27.1. The zero-order valence-electron chi connectivity index (χ0n) is 17.5. The van der Waals surface area contributed by atoms with E-state index in [0.717, 1.165) is 5.56 Å². The van der Waals surface area contributed by atoms with E-state index in [1.165, 1.54) is 4.31 Å². The Hall–Kier alpha value is -3.24. The molecule has 1 aliphatic rings. The van der Waals surface area contributed by atoms with Gasteiger partial charge in [-0.1, -0.05) is 30.3 Å². The predicted molar refractivity (Wildman–Crippen MR) is 118 cm³/mol. The van der Waals surface area contributed by atoms with Crippen LogP contribution < -0.4 is 16.4 Å². The van der Waals surface area contributed by atoms with Crippen LogP contribution in [0.5, 0.6) is 0 Å². The van der Waals surface area contributed by atoms with Gasteiger partial charge in [-0.15, -0.1) is 0 Å². The number of nitrogens with one attached hydrogen (secondary N) is 2. The van der Waals surface area contributed by atoms with Gasteiger partial charge in [0.25, 0.3) is 5.91 Å². The Bertz CT molecular complexity index is 1070. The molecule has 3 amide bonds. The molecule has 1 atom stereocenters. The number of carbonyl (C=O) groups is 3. The topological polar surface area (TPSA) is 139 Å². The van der Waals surface area contributed by atoms with E-state index in [4.69, 9.17) is 5.73 Å². The normalized spacial score (nSPS) is 16.8. The summed E-state index contributed by atoms with van der Waals surface area (Å²) in [5.41, 5.74) is 6.16. The maximum absolute atomic E-state index is 12.8. The molecule has 1 heterocycles. The first-order valence-electron chi connectivity index (χ1n) is 10.3. The van der Waals surface area contributed by atoms with E-state index in [9.17, 15) is 22.8 Å². The van der Waals surface area contributed by atoms with Crippen molar-refractivity contribution in [2.75, 3.05) is 19.6 Å². The van der Waals surface area contributed by atoms with E-state index in [0.29, 0.717) is 24.9 Å². The van der Waals surface area contributed by atoms with Gasteiger partial charge >= 0.3 is 0 Å². The third kappa shape index (κ3) is 5.92. The van der Waals surface area contributed by atoms with E-state index in [1.807, 2.05) is 0 Å². The fraction of sp³-hybridized carbons (Fsp3) is 0.318. The van der Waals surface area contributed by atoms with Gasteiger partial charge in [0, 0.05) is 25.2 Å². The monoisotopic (exact) mass is 458 g/mol. The average Bonchev–Trinajstić information content (AvgIpc) is 2.82. The van der Waals surface area contributed by atoms with Crippen LogP contribution in [0.1, 0.15) is 28.8 Å². The number of benzene rings is 2. The lowest BCUT2D eigenvalue weighted by Crippen LogP contribution is -2.45. The fourth-order valence-corrected chi connectivity index (χ4v) is 5.04. The van der Waals surface area contributed by atoms with Crippen LogP contribution >= 0.6 is 0 Å². The summed E-state index contributed by atoms with van der Waals surface area (Å²) in [6.07, 6.45) is 1.23. The molecule has 2 aromatic carbocycles. The average molecular weight is 459 g/mol. The Morgan fingerprint density at radius 2 is 1.69 bits per heavy atom. The number of hydrogen-bond donors (Lipinski definition) is 3. The molecule has 9 nitrogen and oxygen atoms in total. The Labute approximate surface area is 187 Å². The molecule has 10 heteroatoms.